The van der Waals surface area contributed by atoms with Crippen LogP contribution in [0, 0.1) is 0 Å². The predicted octanol–water partition coefficient (Wildman–Crippen LogP) is 2.44. The number of carbonyl (C=O) groups excluding carboxylic acids is 1. The Kier molecular flexibility index (Phi) is 4.78. The van der Waals surface area contributed by atoms with Crippen LogP contribution >= 0.6 is 15.9 Å². The standard InChI is InChI=1S/C11H13BrO3/c1-15-11(14)7-6-10(13)8-2-4-9(12)5-3-8/h2-5,10,13H,6-7H2,1H3/t10-/m0/s1. The topological polar surface area (TPSA) is 46.5 Å². The molecule has 3 nitrogen and oxygen atoms in total. The van der Waals surface area contributed by atoms with Crippen LogP contribution in [0.25, 0.3) is 0 Å². The number of hydrogen-bond donors (Lipinski definition) is 1. The summed E-state index contributed by atoms with van der Waals surface area (Å²) in [7, 11) is 1.34. The van der Waals surface area contributed by atoms with Gasteiger partial charge in [-0.3, -0.25) is 4.79 Å². The molecule has 0 aliphatic carbocycles. The van der Waals surface area contributed by atoms with Crippen molar-refractivity contribution < 1.29 is 14.6 Å². The van der Waals surface area contributed by atoms with Crippen LogP contribution in [0.2, 0.25) is 0 Å². The monoisotopic (exact) mass is 272 g/mol. The van der Waals surface area contributed by atoms with Crippen LogP contribution in [0.5, 0.6) is 0 Å². The van der Waals surface area contributed by atoms with Gasteiger partial charge in [-0.25, -0.2) is 0 Å². The molecule has 0 unspecified atom stereocenters. The van der Waals surface area contributed by atoms with Crippen molar-refractivity contribution in [3.8, 4) is 0 Å². The molecule has 4 heteroatoms. The average Bonchev–Trinajstić information content (AvgIpc) is 2.26. The first kappa shape index (κ1) is 12.2. The molecule has 1 atom stereocenters. The molecule has 1 aromatic rings. The first-order chi connectivity index (χ1) is 7.13. The Morgan fingerprint density at radius 1 is 1.47 bits per heavy atom. The van der Waals surface area contributed by atoms with E-state index >= 15 is 0 Å². The van der Waals surface area contributed by atoms with E-state index in [0.717, 1.165) is 10.0 Å². The Morgan fingerprint density at radius 2 is 2.07 bits per heavy atom. The molecule has 0 saturated heterocycles. The zero-order valence-corrected chi connectivity index (χ0v) is 10.0. The molecular formula is C11H13BrO3. The van der Waals surface area contributed by atoms with E-state index in [1.165, 1.54) is 7.11 Å². The fraction of sp³-hybridized carbons (Fsp3) is 0.364. The van der Waals surface area contributed by atoms with Crippen molar-refractivity contribution in [1.29, 1.82) is 0 Å². The van der Waals surface area contributed by atoms with Crippen molar-refractivity contribution >= 4 is 21.9 Å². The fourth-order valence-electron chi connectivity index (χ4n) is 1.21. The molecular weight excluding hydrogens is 260 g/mol. The second kappa shape index (κ2) is 5.88. The van der Waals surface area contributed by atoms with E-state index in [2.05, 4.69) is 20.7 Å². The Bertz CT molecular complexity index is 321. The minimum Gasteiger partial charge on any atom is -0.469 e. The molecule has 1 rings (SSSR count). The molecule has 0 aliphatic rings. The van der Waals surface area contributed by atoms with Gasteiger partial charge in [0.15, 0.2) is 0 Å². The van der Waals surface area contributed by atoms with Crippen LogP contribution in [0.4, 0.5) is 0 Å². The fourth-order valence-corrected chi connectivity index (χ4v) is 1.47. The van der Waals surface area contributed by atoms with Crippen molar-refractivity contribution in [2.24, 2.45) is 0 Å². The van der Waals surface area contributed by atoms with Gasteiger partial charge in [-0.15, -0.1) is 0 Å². The second-order valence-corrected chi connectivity index (χ2v) is 4.10. The number of methoxy groups -OCH3 is 1. The van der Waals surface area contributed by atoms with Gasteiger partial charge in [-0.2, -0.15) is 0 Å². The molecule has 0 radical (unpaired) electrons. The number of rotatable bonds is 4. The van der Waals surface area contributed by atoms with Crippen molar-refractivity contribution in [3.05, 3.63) is 34.3 Å². The first-order valence-electron chi connectivity index (χ1n) is 4.64. The highest BCUT2D eigenvalue weighted by Crippen LogP contribution is 2.20. The summed E-state index contributed by atoms with van der Waals surface area (Å²) in [5, 5.41) is 9.73. The quantitative estimate of drug-likeness (QED) is 0.857. The van der Waals surface area contributed by atoms with Crippen LogP contribution in [-0.2, 0) is 9.53 Å². The SMILES string of the molecule is COC(=O)CC[C@H](O)c1ccc(Br)cc1. The number of aliphatic hydroxyl groups is 1. The molecule has 0 heterocycles. The van der Waals surface area contributed by atoms with E-state index in [0.29, 0.717) is 6.42 Å². The number of ether oxygens (including phenoxy) is 1. The van der Waals surface area contributed by atoms with E-state index in [9.17, 15) is 9.90 Å². The molecule has 0 spiro atoms. The van der Waals surface area contributed by atoms with E-state index in [4.69, 9.17) is 0 Å². The lowest BCUT2D eigenvalue weighted by molar-refractivity contribution is -0.141. The predicted molar refractivity (Wildman–Crippen MR) is 60.4 cm³/mol. The van der Waals surface area contributed by atoms with E-state index < -0.39 is 6.10 Å². The molecule has 0 amide bonds. The molecule has 82 valence electrons. The summed E-state index contributed by atoms with van der Waals surface area (Å²) in [6, 6.07) is 7.37. The maximum absolute atomic E-state index is 10.9. The number of aliphatic hydroxyl groups excluding tert-OH is 1. The second-order valence-electron chi connectivity index (χ2n) is 3.18. The van der Waals surface area contributed by atoms with Gasteiger partial charge < -0.3 is 9.84 Å². The highest BCUT2D eigenvalue weighted by atomic mass is 79.9. The summed E-state index contributed by atoms with van der Waals surface area (Å²) in [4.78, 5) is 10.9. The summed E-state index contributed by atoms with van der Waals surface area (Å²) in [5.41, 5.74) is 0.808. The minimum absolute atomic E-state index is 0.230. The molecule has 0 bridgehead atoms. The lowest BCUT2D eigenvalue weighted by Gasteiger charge is -2.09. The zero-order valence-electron chi connectivity index (χ0n) is 8.44. The van der Waals surface area contributed by atoms with E-state index in [1.54, 1.807) is 0 Å². The largest absolute Gasteiger partial charge is 0.469 e. The first-order valence-corrected chi connectivity index (χ1v) is 5.43. The molecule has 15 heavy (non-hydrogen) atoms. The number of carbonyl (C=O) groups is 1. The Morgan fingerprint density at radius 3 is 2.60 bits per heavy atom. The summed E-state index contributed by atoms with van der Waals surface area (Å²) in [6.45, 7) is 0. The van der Waals surface area contributed by atoms with Crippen molar-refractivity contribution in [1.82, 2.24) is 0 Å². The van der Waals surface area contributed by atoms with Crippen LogP contribution < -0.4 is 0 Å². The smallest absolute Gasteiger partial charge is 0.305 e. The molecule has 0 aromatic heterocycles. The Hall–Kier alpha value is -0.870. The van der Waals surface area contributed by atoms with Crippen LogP contribution in [-0.4, -0.2) is 18.2 Å². The summed E-state index contributed by atoms with van der Waals surface area (Å²) >= 11 is 3.31. The lowest BCUT2D eigenvalue weighted by Crippen LogP contribution is -2.04. The van der Waals surface area contributed by atoms with Crippen LogP contribution in [0.3, 0.4) is 0 Å². The zero-order chi connectivity index (χ0) is 11.3. The normalized spacial score (nSPS) is 12.2. The molecule has 0 fully saturated rings. The van der Waals surface area contributed by atoms with Crippen molar-refractivity contribution in [2.45, 2.75) is 18.9 Å². The summed E-state index contributed by atoms with van der Waals surface area (Å²) < 4.78 is 5.46. The van der Waals surface area contributed by atoms with Gasteiger partial charge in [0.05, 0.1) is 13.2 Å². The average molecular weight is 273 g/mol. The maximum Gasteiger partial charge on any atom is 0.305 e. The highest BCUT2D eigenvalue weighted by molar-refractivity contribution is 9.10. The van der Waals surface area contributed by atoms with Gasteiger partial charge in [0.25, 0.3) is 0 Å². The molecule has 0 saturated carbocycles. The Labute approximate surface area is 97.2 Å². The summed E-state index contributed by atoms with van der Waals surface area (Å²) in [5.74, 6) is -0.300. The number of hydrogen-bond acceptors (Lipinski definition) is 3. The molecule has 0 aliphatic heterocycles. The molecule has 1 aromatic carbocycles. The molecule has 1 N–H and O–H groups in total. The van der Waals surface area contributed by atoms with E-state index in [1.807, 2.05) is 24.3 Å². The number of esters is 1. The van der Waals surface area contributed by atoms with Gasteiger partial charge in [-0.05, 0) is 24.1 Å². The van der Waals surface area contributed by atoms with Gasteiger partial charge in [0.1, 0.15) is 0 Å². The number of benzene rings is 1. The third-order valence-electron chi connectivity index (χ3n) is 2.10. The van der Waals surface area contributed by atoms with Gasteiger partial charge in [0, 0.05) is 10.9 Å². The van der Waals surface area contributed by atoms with Crippen molar-refractivity contribution in [2.75, 3.05) is 7.11 Å². The van der Waals surface area contributed by atoms with Gasteiger partial charge in [-0.1, -0.05) is 28.1 Å². The Balaban J connectivity index is 2.50. The number of halogens is 1. The third kappa shape index (κ3) is 4.01. The van der Waals surface area contributed by atoms with E-state index in [-0.39, 0.29) is 12.4 Å². The van der Waals surface area contributed by atoms with Crippen molar-refractivity contribution in [3.63, 3.8) is 0 Å². The van der Waals surface area contributed by atoms with Gasteiger partial charge >= 0.3 is 5.97 Å². The highest BCUT2D eigenvalue weighted by Gasteiger charge is 2.10. The summed E-state index contributed by atoms with van der Waals surface area (Å²) in [6.07, 6.45) is -0.000572. The minimum atomic E-state index is -0.614. The van der Waals surface area contributed by atoms with Crippen LogP contribution in [0.1, 0.15) is 24.5 Å². The third-order valence-corrected chi connectivity index (χ3v) is 2.63. The maximum atomic E-state index is 10.9. The van der Waals surface area contributed by atoms with Crippen LogP contribution in [0.15, 0.2) is 28.7 Å². The lowest BCUT2D eigenvalue weighted by atomic mass is 10.1. The van der Waals surface area contributed by atoms with Gasteiger partial charge in [0.2, 0.25) is 0 Å².